The van der Waals surface area contributed by atoms with E-state index in [9.17, 15) is 0 Å². The Balaban J connectivity index is 2.75. The molecular weight excluding hydrogens is 214 g/mol. The van der Waals surface area contributed by atoms with E-state index in [1.165, 1.54) is 11.3 Å². The van der Waals surface area contributed by atoms with E-state index in [1.54, 1.807) is 7.11 Å². The third-order valence-corrected chi connectivity index (χ3v) is 2.83. The first-order valence-electron chi connectivity index (χ1n) is 6.12. The molecule has 0 aliphatic heterocycles. The molecule has 0 aromatic carbocycles. The monoisotopic (exact) mass is 239 g/mol. The van der Waals surface area contributed by atoms with Gasteiger partial charge in [-0.15, -0.1) is 0 Å². The van der Waals surface area contributed by atoms with Gasteiger partial charge in [0.15, 0.2) is 0 Å². The maximum Gasteiger partial charge on any atom is 0.0658 e. The van der Waals surface area contributed by atoms with Gasteiger partial charge in [-0.2, -0.15) is 5.10 Å². The number of rotatable bonds is 5. The van der Waals surface area contributed by atoms with E-state index < -0.39 is 0 Å². The molecule has 0 fully saturated rings. The molecule has 1 heterocycles. The highest BCUT2D eigenvalue weighted by atomic mass is 16.5. The zero-order valence-corrected chi connectivity index (χ0v) is 11.9. The number of hydrogen-bond acceptors (Lipinski definition) is 3. The maximum atomic E-state index is 5.09. The quantitative estimate of drug-likeness (QED) is 0.854. The van der Waals surface area contributed by atoms with Gasteiger partial charge >= 0.3 is 0 Å². The Morgan fingerprint density at radius 2 is 1.94 bits per heavy atom. The van der Waals surface area contributed by atoms with Crippen molar-refractivity contribution in [2.24, 2.45) is 0 Å². The van der Waals surface area contributed by atoms with E-state index in [1.807, 2.05) is 4.68 Å². The predicted molar refractivity (Wildman–Crippen MR) is 70.2 cm³/mol. The summed E-state index contributed by atoms with van der Waals surface area (Å²) in [5, 5.41) is 8.05. The van der Waals surface area contributed by atoms with Crippen LogP contribution in [0.1, 0.15) is 37.7 Å². The van der Waals surface area contributed by atoms with Gasteiger partial charge in [0.05, 0.1) is 18.8 Å². The van der Waals surface area contributed by atoms with Crippen molar-refractivity contribution in [1.82, 2.24) is 15.1 Å². The summed E-state index contributed by atoms with van der Waals surface area (Å²) >= 11 is 0. The van der Waals surface area contributed by atoms with Gasteiger partial charge < -0.3 is 10.1 Å². The fourth-order valence-corrected chi connectivity index (χ4v) is 1.74. The van der Waals surface area contributed by atoms with E-state index in [0.717, 1.165) is 18.8 Å². The molecule has 0 radical (unpaired) electrons. The van der Waals surface area contributed by atoms with E-state index >= 15 is 0 Å². The summed E-state index contributed by atoms with van der Waals surface area (Å²) in [5.74, 6) is 0. The third kappa shape index (κ3) is 4.13. The van der Waals surface area contributed by atoms with Crippen LogP contribution in [0.5, 0.6) is 0 Å². The Bertz CT molecular complexity index is 363. The Hall–Kier alpha value is -0.870. The average molecular weight is 239 g/mol. The zero-order chi connectivity index (χ0) is 13.1. The van der Waals surface area contributed by atoms with Crippen molar-refractivity contribution in [1.29, 1.82) is 0 Å². The van der Waals surface area contributed by atoms with Crippen molar-refractivity contribution >= 4 is 0 Å². The van der Waals surface area contributed by atoms with Gasteiger partial charge in [0.2, 0.25) is 0 Å². The molecule has 1 aromatic heterocycles. The SMILES string of the molecule is COCCn1nc(C)c(CNC(C)(C)C)c1C. The van der Waals surface area contributed by atoms with Gasteiger partial charge in [0, 0.05) is 30.5 Å². The van der Waals surface area contributed by atoms with Gasteiger partial charge in [-0.25, -0.2) is 0 Å². The van der Waals surface area contributed by atoms with Crippen LogP contribution in [0.4, 0.5) is 0 Å². The number of aryl methyl sites for hydroxylation is 1. The molecule has 0 spiro atoms. The Labute approximate surface area is 104 Å². The molecule has 0 saturated carbocycles. The molecule has 0 unspecified atom stereocenters. The molecule has 1 aromatic rings. The first-order valence-corrected chi connectivity index (χ1v) is 6.12. The number of methoxy groups -OCH3 is 1. The average Bonchev–Trinajstić information content (AvgIpc) is 2.47. The molecule has 17 heavy (non-hydrogen) atoms. The van der Waals surface area contributed by atoms with Gasteiger partial charge in [-0.1, -0.05) is 0 Å². The van der Waals surface area contributed by atoms with Crippen molar-refractivity contribution < 1.29 is 4.74 Å². The Morgan fingerprint density at radius 1 is 1.29 bits per heavy atom. The second-order valence-corrected chi connectivity index (χ2v) is 5.47. The van der Waals surface area contributed by atoms with E-state index in [2.05, 4.69) is 45.0 Å². The third-order valence-electron chi connectivity index (χ3n) is 2.83. The van der Waals surface area contributed by atoms with Gasteiger partial charge in [-0.05, 0) is 34.6 Å². The van der Waals surface area contributed by atoms with Crippen LogP contribution in [-0.2, 0) is 17.8 Å². The van der Waals surface area contributed by atoms with Crippen molar-refractivity contribution in [2.75, 3.05) is 13.7 Å². The number of aromatic nitrogens is 2. The molecule has 0 saturated heterocycles. The fourth-order valence-electron chi connectivity index (χ4n) is 1.74. The van der Waals surface area contributed by atoms with Crippen molar-refractivity contribution in [2.45, 2.75) is 53.2 Å². The molecular formula is C13H25N3O. The van der Waals surface area contributed by atoms with Crippen LogP contribution in [0.3, 0.4) is 0 Å². The smallest absolute Gasteiger partial charge is 0.0658 e. The molecule has 0 atom stereocenters. The molecule has 1 rings (SSSR count). The Morgan fingerprint density at radius 3 is 2.47 bits per heavy atom. The van der Waals surface area contributed by atoms with Crippen LogP contribution < -0.4 is 5.32 Å². The molecule has 0 aliphatic carbocycles. The number of nitrogens with one attached hydrogen (secondary N) is 1. The van der Waals surface area contributed by atoms with Crippen LogP contribution >= 0.6 is 0 Å². The molecule has 0 amide bonds. The van der Waals surface area contributed by atoms with Crippen LogP contribution in [0, 0.1) is 13.8 Å². The minimum Gasteiger partial charge on any atom is -0.383 e. The summed E-state index contributed by atoms with van der Waals surface area (Å²) in [6, 6.07) is 0. The predicted octanol–water partition coefficient (Wildman–Crippen LogP) is 2.03. The second kappa shape index (κ2) is 5.65. The lowest BCUT2D eigenvalue weighted by Gasteiger charge is -2.20. The molecule has 0 aliphatic rings. The van der Waals surface area contributed by atoms with Crippen LogP contribution in [0.15, 0.2) is 0 Å². The highest BCUT2D eigenvalue weighted by Crippen LogP contribution is 2.14. The summed E-state index contributed by atoms with van der Waals surface area (Å²) in [6.45, 7) is 13.1. The number of nitrogens with zero attached hydrogens (tertiary/aromatic N) is 2. The fraction of sp³-hybridized carbons (Fsp3) is 0.769. The summed E-state index contributed by atoms with van der Waals surface area (Å²) in [4.78, 5) is 0. The van der Waals surface area contributed by atoms with E-state index in [4.69, 9.17) is 4.74 Å². The highest BCUT2D eigenvalue weighted by Gasteiger charge is 2.14. The van der Waals surface area contributed by atoms with E-state index in [-0.39, 0.29) is 5.54 Å². The summed E-state index contributed by atoms with van der Waals surface area (Å²) in [6.07, 6.45) is 0. The number of hydrogen-bond donors (Lipinski definition) is 1. The lowest BCUT2D eigenvalue weighted by Crippen LogP contribution is -2.35. The lowest BCUT2D eigenvalue weighted by atomic mass is 10.1. The molecule has 1 N–H and O–H groups in total. The summed E-state index contributed by atoms with van der Waals surface area (Å²) < 4.78 is 7.11. The van der Waals surface area contributed by atoms with Crippen molar-refractivity contribution in [3.8, 4) is 0 Å². The van der Waals surface area contributed by atoms with E-state index in [0.29, 0.717) is 6.61 Å². The normalized spacial score (nSPS) is 12.1. The van der Waals surface area contributed by atoms with Crippen LogP contribution in [-0.4, -0.2) is 29.0 Å². The van der Waals surface area contributed by atoms with Gasteiger partial charge in [-0.3, -0.25) is 4.68 Å². The largest absolute Gasteiger partial charge is 0.383 e. The highest BCUT2D eigenvalue weighted by molar-refractivity contribution is 5.24. The molecule has 4 nitrogen and oxygen atoms in total. The Kier molecular flexibility index (Phi) is 4.71. The maximum absolute atomic E-state index is 5.09. The molecule has 0 bridgehead atoms. The molecule has 4 heteroatoms. The van der Waals surface area contributed by atoms with Gasteiger partial charge in [0.1, 0.15) is 0 Å². The van der Waals surface area contributed by atoms with Crippen LogP contribution in [0.25, 0.3) is 0 Å². The minimum atomic E-state index is 0.132. The first kappa shape index (κ1) is 14.2. The lowest BCUT2D eigenvalue weighted by molar-refractivity contribution is 0.182. The molecule has 98 valence electrons. The van der Waals surface area contributed by atoms with Crippen molar-refractivity contribution in [3.05, 3.63) is 17.0 Å². The zero-order valence-electron chi connectivity index (χ0n) is 11.9. The van der Waals surface area contributed by atoms with Crippen LogP contribution in [0.2, 0.25) is 0 Å². The summed E-state index contributed by atoms with van der Waals surface area (Å²) in [7, 11) is 1.72. The van der Waals surface area contributed by atoms with Gasteiger partial charge in [0.25, 0.3) is 0 Å². The standard InChI is InChI=1S/C13H25N3O/c1-10-12(9-14-13(3,4)5)11(2)16(15-10)7-8-17-6/h14H,7-9H2,1-6H3. The topological polar surface area (TPSA) is 39.1 Å². The second-order valence-electron chi connectivity index (χ2n) is 5.47. The van der Waals surface area contributed by atoms with Crippen molar-refractivity contribution in [3.63, 3.8) is 0 Å². The summed E-state index contributed by atoms with van der Waals surface area (Å²) in [5.41, 5.74) is 3.77. The first-order chi connectivity index (χ1) is 7.85. The minimum absolute atomic E-state index is 0.132. The number of ether oxygens (including phenoxy) is 1.